The molecular formula is C11H15NO. The van der Waals surface area contributed by atoms with Crippen LogP contribution in [0.1, 0.15) is 39.5 Å². The minimum atomic E-state index is -0.187. The quantitative estimate of drug-likeness (QED) is 0.616. The second-order valence-electron chi connectivity index (χ2n) is 4.95. The summed E-state index contributed by atoms with van der Waals surface area (Å²) in [4.78, 5) is 11.7. The van der Waals surface area contributed by atoms with Gasteiger partial charge in [0.1, 0.15) is 5.78 Å². The van der Waals surface area contributed by atoms with Crippen LogP contribution in [0.2, 0.25) is 0 Å². The zero-order valence-electron chi connectivity index (χ0n) is 8.26. The fourth-order valence-corrected chi connectivity index (χ4v) is 3.26. The van der Waals surface area contributed by atoms with Gasteiger partial charge in [0.15, 0.2) is 0 Å². The molecule has 2 bridgehead atoms. The Labute approximate surface area is 78.9 Å². The van der Waals surface area contributed by atoms with Gasteiger partial charge in [-0.1, -0.05) is 13.8 Å². The number of fused-ring (bicyclic) bond motifs is 2. The molecule has 0 aromatic rings. The van der Waals surface area contributed by atoms with Crippen molar-refractivity contribution in [1.29, 1.82) is 5.26 Å². The zero-order valence-corrected chi connectivity index (χ0v) is 8.26. The van der Waals surface area contributed by atoms with E-state index in [9.17, 15) is 4.79 Å². The first-order valence-corrected chi connectivity index (χ1v) is 4.95. The highest BCUT2D eigenvalue weighted by Crippen LogP contribution is 2.65. The van der Waals surface area contributed by atoms with E-state index in [1.807, 2.05) is 0 Å². The number of hydrogen-bond acceptors (Lipinski definition) is 2. The number of carbonyl (C=O) groups is 1. The predicted molar refractivity (Wildman–Crippen MR) is 48.8 cm³/mol. The van der Waals surface area contributed by atoms with Crippen LogP contribution in [0.4, 0.5) is 0 Å². The maximum absolute atomic E-state index is 11.7. The Kier molecular flexibility index (Phi) is 1.58. The van der Waals surface area contributed by atoms with Crippen LogP contribution in [0.25, 0.3) is 0 Å². The van der Waals surface area contributed by atoms with Gasteiger partial charge in [0, 0.05) is 18.3 Å². The summed E-state index contributed by atoms with van der Waals surface area (Å²) in [7, 11) is 0. The van der Waals surface area contributed by atoms with Gasteiger partial charge in [-0.3, -0.25) is 4.79 Å². The molecule has 2 nitrogen and oxygen atoms in total. The highest BCUT2D eigenvalue weighted by molar-refractivity contribution is 5.89. The van der Waals surface area contributed by atoms with Crippen molar-refractivity contribution in [2.45, 2.75) is 39.5 Å². The van der Waals surface area contributed by atoms with Crippen molar-refractivity contribution in [2.75, 3.05) is 0 Å². The Morgan fingerprint density at radius 1 is 1.62 bits per heavy atom. The van der Waals surface area contributed by atoms with Crippen molar-refractivity contribution < 1.29 is 4.79 Å². The molecule has 0 N–H and O–H groups in total. The number of nitriles is 1. The van der Waals surface area contributed by atoms with E-state index in [1.165, 1.54) is 0 Å². The molecule has 0 aliphatic heterocycles. The fraction of sp³-hybridized carbons (Fsp3) is 0.818. The van der Waals surface area contributed by atoms with Crippen LogP contribution >= 0.6 is 0 Å². The van der Waals surface area contributed by atoms with Crippen molar-refractivity contribution in [2.24, 2.45) is 16.7 Å². The minimum Gasteiger partial charge on any atom is -0.299 e. The van der Waals surface area contributed by atoms with Crippen LogP contribution < -0.4 is 0 Å². The maximum Gasteiger partial charge on any atom is 0.139 e. The van der Waals surface area contributed by atoms with E-state index >= 15 is 0 Å². The molecule has 0 amide bonds. The molecule has 0 radical (unpaired) electrons. The van der Waals surface area contributed by atoms with Gasteiger partial charge < -0.3 is 0 Å². The number of rotatable bonds is 1. The summed E-state index contributed by atoms with van der Waals surface area (Å²) in [5.74, 6) is 0.867. The number of carbonyl (C=O) groups excluding carboxylic acids is 1. The molecule has 0 aromatic heterocycles. The van der Waals surface area contributed by atoms with E-state index in [2.05, 4.69) is 19.9 Å². The van der Waals surface area contributed by atoms with Gasteiger partial charge in [-0.05, 0) is 24.2 Å². The lowest BCUT2D eigenvalue weighted by atomic mass is 9.67. The molecule has 2 aliphatic carbocycles. The largest absolute Gasteiger partial charge is 0.299 e. The first kappa shape index (κ1) is 8.74. The highest BCUT2D eigenvalue weighted by Gasteiger charge is 2.63. The van der Waals surface area contributed by atoms with Crippen molar-refractivity contribution >= 4 is 5.78 Å². The maximum atomic E-state index is 11.7. The second-order valence-corrected chi connectivity index (χ2v) is 4.95. The normalized spacial score (nSPS) is 48.1. The van der Waals surface area contributed by atoms with Gasteiger partial charge in [0.2, 0.25) is 0 Å². The third-order valence-electron chi connectivity index (χ3n) is 4.65. The van der Waals surface area contributed by atoms with Gasteiger partial charge in [-0.2, -0.15) is 5.26 Å². The smallest absolute Gasteiger partial charge is 0.139 e. The van der Waals surface area contributed by atoms with E-state index in [1.54, 1.807) is 0 Å². The lowest BCUT2D eigenvalue weighted by molar-refractivity contribution is -0.128. The standard InChI is InChI=1S/C11H15NO/c1-10(5-6-12)8-3-4-11(10,2)9(13)7-8/h8H,3-5,7H2,1-2H3/t8-,10+,11+/m1/s1. The summed E-state index contributed by atoms with van der Waals surface area (Å²) in [5, 5.41) is 8.79. The summed E-state index contributed by atoms with van der Waals surface area (Å²) >= 11 is 0. The first-order chi connectivity index (χ1) is 6.04. The van der Waals surface area contributed by atoms with E-state index in [4.69, 9.17) is 5.26 Å². The van der Waals surface area contributed by atoms with Crippen LogP contribution in [-0.2, 0) is 4.79 Å². The third-order valence-corrected chi connectivity index (χ3v) is 4.65. The average Bonchev–Trinajstić information content (AvgIpc) is 2.39. The Balaban J connectivity index is 2.42. The summed E-state index contributed by atoms with van der Waals surface area (Å²) in [5.41, 5.74) is -0.216. The Morgan fingerprint density at radius 2 is 2.31 bits per heavy atom. The summed E-state index contributed by atoms with van der Waals surface area (Å²) in [6.07, 6.45) is 3.39. The summed E-state index contributed by atoms with van der Waals surface area (Å²) in [6, 6.07) is 2.24. The third kappa shape index (κ3) is 0.802. The van der Waals surface area contributed by atoms with Crippen molar-refractivity contribution in [3.63, 3.8) is 0 Å². The Hall–Kier alpha value is -0.840. The van der Waals surface area contributed by atoms with Crippen LogP contribution in [-0.4, -0.2) is 5.78 Å². The number of Topliss-reactive ketones (excluding diaryl/α,β-unsaturated/α-hetero) is 1. The molecule has 3 atom stereocenters. The summed E-state index contributed by atoms with van der Waals surface area (Å²) < 4.78 is 0. The highest BCUT2D eigenvalue weighted by atomic mass is 16.1. The molecular weight excluding hydrogens is 162 g/mol. The molecule has 2 heteroatoms. The van der Waals surface area contributed by atoms with Crippen LogP contribution in [0, 0.1) is 28.1 Å². The first-order valence-electron chi connectivity index (χ1n) is 4.95. The van der Waals surface area contributed by atoms with Gasteiger partial charge in [0.05, 0.1) is 6.07 Å². The molecule has 2 saturated carbocycles. The van der Waals surface area contributed by atoms with Crippen LogP contribution in [0.3, 0.4) is 0 Å². The predicted octanol–water partition coefficient (Wildman–Crippen LogP) is 2.30. The SMILES string of the molecule is C[C@]12CC[C@H](CC1=O)[C@]2(C)CC#N. The van der Waals surface area contributed by atoms with Gasteiger partial charge in [-0.25, -0.2) is 0 Å². The monoisotopic (exact) mass is 177 g/mol. The second kappa shape index (κ2) is 2.35. The van der Waals surface area contributed by atoms with Gasteiger partial charge in [-0.15, -0.1) is 0 Å². The Bertz CT molecular complexity index is 304. The number of nitrogens with zero attached hydrogens (tertiary/aromatic N) is 1. The fourth-order valence-electron chi connectivity index (χ4n) is 3.26. The zero-order chi connectivity index (χ0) is 9.69. The van der Waals surface area contributed by atoms with Crippen molar-refractivity contribution in [3.05, 3.63) is 0 Å². The topological polar surface area (TPSA) is 40.9 Å². The molecule has 0 saturated heterocycles. The van der Waals surface area contributed by atoms with E-state index < -0.39 is 0 Å². The van der Waals surface area contributed by atoms with Gasteiger partial charge >= 0.3 is 0 Å². The lowest BCUT2D eigenvalue weighted by Gasteiger charge is -2.34. The summed E-state index contributed by atoms with van der Waals surface area (Å²) in [6.45, 7) is 4.18. The lowest BCUT2D eigenvalue weighted by Crippen LogP contribution is -2.34. The molecule has 0 aromatic carbocycles. The Morgan fingerprint density at radius 3 is 2.69 bits per heavy atom. The van der Waals surface area contributed by atoms with Crippen molar-refractivity contribution in [3.8, 4) is 6.07 Å². The molecule has 70 valence electrons. The number of ketones is 1. The van der Waals surface area contributed by atoms with E-state index in [0.29, 0.717) is 24.5 Å². The van der Waals surface area contributed by atoms with Crippen LogP contribution in [0.5, 0.6) is 0 Å². The molecule has 2 aliphatic rings. The molecule has 2 rings (SSSR count). The molecule has 2 fully saturated rings. The van der Waals surface area contributed by atoms with Gasteiger partial charge in [0.25, 0.3) is 0 Å². The molecule has 0 unspecified atom stereocenters. The molecule has 0 spiro atoms. The number of hydrogen-bond donors (Lipinski definition) is 0. The van der Waals surface area contributed by atoms with E-state index in [0.717, 1.165) is 12.8 Å². The molecule has 13 heavy (non-hydrogen) atoms. The molecule has 0 heterocycles. The van der Waals surface area contributed by atoms with Crippen molar-refractivity contribution in [1.82, 2.24) is 0 Å². The average molecular weight is 177 g/mol. The minimum absolute atomic E-state index is 0.0289. The van der Waals surface area contributed by atoms with E-state index in [-0.39, 0.29) is 10.8 Å². The van der Waals surface area contributed by atoms with Crippen LogP contribution in [0.15, 0.2) is 0 Å².